The van der Waals surface area contributed by atoms with Crippen molar-refractivity contribution in [3.63, 3.8) is 0 Å². The Bertz CT molecular complexity index is 598. The van der Waals surface area contributed by atoms with Crippen LogP contribution in [0, 0.1) is 6.92 Å². The zero-order valence-corrected chi connectivity index (χ0v) is 13.3. The van der Waals surface area contributed by atoms with E-state index in [4.69, 9.17) is 4.74 Å². The van der Waals surface area contributed by atoms with Crippen molar-refractivity contribution in [1.29, 1.82) is 0 Å². The number of thiazole rings is 1. The molecule has 0 N–H and O–H groups in total. The van der Waals surface area contributed by atoms with E-state index in [1.807, 2.05) is 26.1 Å². The molecule has 0 aliphatic rings. The van der Waals surface area contributed by atoms with Crippen molar-refractivity contribution in [3.05, 3.63) is 45.7 Å². The standard InChI is InChI=1S/C15H19N3O2S/c1-11-14(21-13(17-11)10-20-3)15(19)18(2)9-6-12-4-7-16-8-5-12/h4-5,7-8H,6,9-10H2,1-3H3. The maximum absolute atomic E-state index is 12.4. The van der Waals surface area contributed by atoms with Gasteiger partial charge in [0.05, 0.1) is 12.3 Å². The number of ether oxygens (including phenoxy) is 1. The van der Waals surface area contributed by atoms with Gasteiger partial charge in [0.25, 0.3) is 5.91 Å². The van der Waals surface area contributed by atoms with Crippen molar-refractivity contribution in [2.45, 2.75) is 20.0 Å². The van der Waals surface area contributed by atoms with Crippen LogP contribution >= 0.6 is 11.3 Å². The second-order valence-electron chi connectivity index (χ2n) is 4.79. The maximum atomic E-state index is 12.4. The number of likely N-dealkylation sites (N-methyl/N-ethyl adjacent to an activating group) is 1. The molecular weight excluding hydrogens is 286 g/mol. The van der Waals surface area contributed by atoms with E-state index in [9.17, 15) is 4.79 Å². The summed E-state index contributed by atoms with van der Waals surface area (Å²) in [6.45, 7) is 2.97. The highest BCUT2D eigenvalue weighted by Gasteiger charge is 2.18. The van der Waals surface area contributed by atoms with Crippen molar-refractivity contribution >= 4 is 17.2 Å². The molecule has 0 spiro atoms. The normalized spacial score (nSPS) is 10.6. The molecule has 6 heteroatoms. The van der Waals surface area contributed by atoms with Gasteiger partial charge in [-0.05, 0) is 31.0 Å². The molecule has 1 amide bonds. The summed E-state index contributed by atoms with van der Waals surface area (Å²) in [5.41, 5.74) is 1.94. The number of carbonyl (C=O) groups is 1. The summed E-state index contributed by atoms with van der Waals surface area (Å²) in [7, 11) is 3.44. The summed E-state index contributed by atoms with van der Waals surface area (Å²) in [5, 5.41) is 0.834. The number of aryl methyl sites for hydroxylation is 1. The molecule has 0 atom stereocenters. The van der Waals surface area contributed by atoms with Gasteiger partial charge in [-0.1, -0.05) is 0 Å². The Kier molecular flexibility index (Phi) is 5.41. The number of methoxy groups -OCH3 is 1. The predicted molar refractivity (Wildman–Crippen MR) is 82.5 cm³/mol. The fourth-order valence-electron chi connectivity index (χ4n) is 1.96. The predicted octanol–water partition coefficient (Wildman–Crippen LogP) is 2.31. The highest BCUT2D eigenvalue weighted by molar-refractivity contribution is 7.13. The monoisotopic (exact) mass is 305 g/mol. The Balaban J connectivity index is 1.98. The van der Waals surface area contributed by atoms with Gasteiger partial charge in [0.15, 0.2) is 0 Å². The summed E-state index contributed by atoms with van der Waals surface area (Å²) in [6.07, 6.45) is 4.34. The van der Waals surface area contributed by atoms with Crippen LogP contribution in [0.25, 0.3) is 0 Å². The number of hydrogen-bond acceptors (Lipinski definition) is 5. The molecule has 0 bridgehead atoms. The lowest BCUT2D eigenvalue weighted by Gasteiger charge is -2.16. The third kappa shape index (κ3) is 4.09. The van der Waals surface area contributed by atoms with E-state index < -0.39 is 0 Å². The number of amides is 1. The van der Waals surface area contributed by atoms with Crippen LogP contribution in [-0.2, 0) is 17.8 Å². The van der Waals surface area contributed by atoms with Gasteiger partial charge in [-0.15, -0.1) is 11.3 Å². The summed E-state index contributed by atoms with van der Waals surface area (Å²) in [4.78, 5) is 23.2. The number of nitrogens with zero attached hydrogens (tertiary/aromatic N) is 3. The number of aromatic nitrogens is 2. The van der Waals surface area contributed by atoms with Gasteiger partial charge in [0, 0.05) is 33.1 Å². The van der Waals surface area contributed by atoms with Crippen LogP contribution in [-0.4, -0.2) is 41.5 Å². The lowest BCUT2D eigenvalue weighted by Crippen LogP contribution is -2.28. The first kappa shape index (κ1) is 15.6. The maximum Gasteiger partial charge on any atom is 0.265 e. The first-order valence-corrected chi connectivity index (χ1v) is 7.53. The Morgan fingerprint density at radius 1 is 1.38 bits per heavy atom. The molecule has 0 aliphatic carbocycles. The minimum absolute atomic E-state index is 0.0152. The topological polar surface area (TPSA) is 55.3 Å². The number of rotatable bonds is 6. The second kappa shape index (κ2) is 7.28. The van der Waals surface area contributed by atoms with Crippen molar-refractivity contribution in [2.24, 2.45) is 0 Å². The molecule has 0 aliphatic heterocycles. The molecule has 0 saturated carbocycles. The van der Waals surface area contributed by atoms with E-state index in [0.29, 0.717) is 18.0 Å². The quantitative estimate of drug-likeness (QED) is 0.822. The van der Waals surface area contributed by atoms with Crippen LogP contribution in [0.3, 0.4) is 0 Å². The zero-order valence-electron chi connectivity index (χ0n) is 12.5. The fraction of sp³-hybridized carbons (Fsp3) is 0.400. The van der Waals surface area contributed by atoms with Gasteiger partial charge in [-0.25, -0.2) is 4.98 Å². The Labute approximate surface area is 128 Å². The Hall–Kier alpha value is -1.79. The number of hydrogen-bond donors (Lipinski definition) is 0. The van der Waals surface area contributed by atoms with Gasteiger partial charge in [0.1, 0.15) is 9.88 Å². The molecule has 112 valence electrons. The molecular formula is C15H19N3O2S. The highest BCUT2D eigenvalue weighted by atomic mass is 32.1. The van der Waals surface area contributed by atoms with Crippen LogP contribution < -0.4 is 0 Å². The molecule has 0 fully saturated rings. The summed E-state index contributed by atoms with van der Waals surface area (Å²) < 4.78 is 5.06. The average molecular weight is 305 g/mol. The van der Waals surface area contributed by atoms with E-state index in [-0.39, 0.29) is 5.91 Å². The van der Waals surface area contributed by atoms with Gasteiger partial charge in [-0.2, -0.15) is 0 Å². The molecule has 2 aromatic heterocycles. The van der Waals surface area contributed by atoms with E-state index in [0.717, 1.165) is 17.1 Å². The summed E-state index contributed by atoms with van der Waals surface area (Å²) in [6, 6.07) is 3.93. The highest BCUT2D eigenvalue weighted by Crippen LogP contribution is 2.20. The van der Waals surface area contributed by atoms with Crippen LogP contribution in [0.2, 0.25) is 0 Å². The second-order valence-corrected chi connectivity index (χ2v) is 5.87. The average Bonchev–Trinajstić information content (AvgIpc) is 2.86. The van der Waals surface area contributed by atoms with Gasteiger partial charge in [0.2, 0.25) is 0 Å². The van der Waals surface area contributed by atoms with Gasteiger partial charge in [-0.3, -0.25) is 9.78 Å². The van der Waals surface area contributed by atoms with Crippen molar-refractivity contribution in [3.8, 4) is 0 Å². The molecule has 0 unspecified atom stereocenters. The zero-order chi connectivity index (χ0) is 15.2. The van der Waals surface area contributed by atoms with Crippen molar-refractivity contribution < 1.29 is 9.53 Å². The van der Waals surface area contributed by atoms with Crippen LogP contribution in [0.1, 0.15) is 25.9 Å². The van der Waals surface area contributed by atoms with Crippen LogP contribution in [0.5, 0.6) is 0 Å². The first-order valence-electron chi connectivity index (χ1n) is 6.71. The molecule has 21 heavy (non-hydrogen) atoms. The molecule has 0 radical (unpaired) electrons. The van der Waals surface area contributed by atoms with Gasteiger partial charge < -0.3 is 9.64 Å². The minimum atomic E-state index is 0.0152. The molecule has 2 aromatic rings. The lowest BCUT2D eigenvalue weighted by molar-refractivity contribution is 0.0800. The number of carbonyl (C=O) groups excluding carboxylic acids is 1. The molecule has 2 rings (SSSR count). The van der Waals surface area contributed by atoms with E-state index in [1.54, 1.807) is 24.4 Å². The van der Waals surface area contributed by atoms with Gasteiger partial charge >= 0.3 is 0 Å². The molecule has 2 heterocycles. The Morgan fingerprint density at radius 2 is 2.10 bits per heavy atom. The van der Waals surface area contributed by atoms with Crippen LogP contribution in [0.4, 0.5) is 0 Å². The van der Waals surface area contributed by atoms with Crippen LogP contribution in [0.15, 0.2) is 24.5 Å². The fourth-order valence-corrected chi connectivity index (χ4v) is 2.99. The first-order chi connectivity index (χ1) is 10.1. The lowest BCUT2D eigenvalue weighted by atomic mass is 10.2. The van der Waals surface area contributed by atoms with Crippen molar-refractivity contribution in [2.75, 3.05) is 20.7 Å². The van der Waals surface area contributed by atoms with E-state index >= 15 is 0 Å². The largest absolute Gasteiger partial charge is 0.378 e. The van der Waals surface area contributed by atoms with E-state index in [1.165, 1.54) is 16.9 Å². The SMILES string of the molecule is COCc1nc(C)c(C(=O)N(C)CCc2ccncc2)s1. The summed E-state index contributed by atoms with van der Waals surface area (Å²) >= 11 is 1.40. The smallest absolute Gasteiger partial charge is 0.265 e. The third-order valence-corrected chi connectivity index (χ3v) is 4.25. The minimum Gasteiger partial charge on any atom is -0.378 e. The molecule has 0 aromatic carbocycles. The Morgan fingerprint density at radius 3 is 2.76 bits per heavy atom. The summed E-state index contributed by atoms with van der Waals surface area (Å²) in [5.74, 6) is 0.0152. The van der Waals surface area contributed by atoms with Crippen molar-refractivity contribution in [1.82, 2.24) is 14.9 Å². The number of pyridine rings is 1. The van der Waals surface area contributed by atoms with E-state index in [2.05, 4.69) is 9.97 Å². The molecule has 5 nitrogen and oxygen atoms in total. The third-order valence-electron chi connectivity index (χ3n) is 3.13. The molecule has 0 saturated heterocycles.